The molecule has 3 nitrogen and oxygen atoms in total. The number of hydrogen-bond donors (Lipinski definition) is 0. The highest BCUT2D eigenvalue weighted by Crippen LogP contribution is 2.35. The van der Waals surface area contributed by atoms with Gasteiger partial charge in [-0.25, -0.2) is 0 Å². The summed E-state index contributed by atoms with van der Waals surface area (Å²) < 4.78 is 11.0. The Morgan fingerprint density at radius 2 is 2.28 bits per heavy atom. The van der Waals surface area contributed by atoms with E-state index in [0.29, 0.717) is 19.6 Å². The largest absolute Gasteiger partial charge is 0.493 e. The first kappa shape index (κ1) is 13.1. The van der Waals surface area contributed by atoms with E-state index in [1.807, 2.05) is 32.0 Å². The van der Waals surface area contributed by atoms with Gasteiger partial charge in [0.05, 0.1) is 6.61 Å². The zero-order valence-corrected chi connectivity index (χ0v) is 11.0. The van der Waals surface area contributed by atoms with Crippen LogP contribution in [-0.2, 0) is 9.53 Å². The lowest BCUT2D eigenvalue weighted by atomic mass is 9.88. The number of rotatable bonds is 5. The molecule has 1 aliphatic heterocycles. The van der Waals surface area contributed by atoms with E-state index in [1.54, 1.807) is 0 Å². The van der Waals surface area contributed by atoms with Crippen LogP contribution in [0.3, 0.4) is 0 Å². The van der Waals surface area contributed by atoms with Crippen molar-refractivity contribution in [3.05, 3.63) is 29.8 Å². The summed E-state index contributed by atoms with van der Waals surface area (Å²) in [5.41, 5.74) is 1.15. The number of benzene rings is 1. The molecule has 0 aromatic heterocycles. The maximum atomic E-state index is 12.0. The minimum Gasteiger partial charge on any atom is -0.493 e. The van der Waals surface area contributed by atoms with Crippen molar-refractivity contribution in [1.29, 1.82) is 0 Å². The quantitative estimate of drug-likeness (QED) is 0.803. The molecule has 98 valence electrons. The molecule has 0 aliphatic carbocycles. The topological polar surface area (TPSA) is 35.5 Å². The third kappa shape index (κ3) is 2.91. The summed E-state index contributed by atoms with van der Waals surface area (Å²) in [7, 11) is 0. The first-order chi connectivity index (χ1) is 8.72. The lowest BCUT2D eigenvalue weighted by molar-refractivity contribution is -0.129. The van der Waals surface area contributed by atoms with Crippen LogP contribution in [0.1, 0.15) is 38.2 Å². The molecule has 1 heterocycles. The summed E-state index contributed by atoms with van der Waals surface area (Å²) in [5, 5.41) is 0. The smallest absolute Gasteiger partial charge is 0.161 e. The maximum absolute atomic E-state index is 12.0. The van der Waals surface area contributed by atoms with Crippen molar-refractivity contribution in [2.24, 2.45) is 0 Å². The van der Waals surface area contributed by atoms with Crippen LogP contribution in [-0.4, -0.2) is 25.1 Å². The normalized spacial score (nSPS) is 19.8. The molecule has 2 unspecified atom stereocenters. The third-order valence-corrected chi connectivity index (χ3v) is 3.40. The summed E-state index contributed by atoms with van der Waals surface area (Å²) >= 11 is 0. The molecule has 1 aromatic rings. The average molecular weight is 248 g/mol. The molecule has 0 amide bonds. The Morgan fingerprint density at radius 1 is 1.50 bits per heavy atom. The molecule has 1 aliphatic rings. The van der Waals surface area contributed by atoms with Crippen molar-refractivity contribution in [3.63, 3.8) is 0 Å². The second kappa shape index (κ2) is 6.01. The molecular formula is C15H20O3. The average Bonchev–Trinajstić information content (AvgIpc) is 2.39. The van der Waals surface area contributed by atoms with E-state index >= 15 is 0 Å². The van der Waals surface area contributed by atoms with Crippen molar-refractivity contribution >= 4 is 5.78 Å². The fourth-order valence-corrected chi connectivity index (χ4v) is 2.38. The van der Waals surface area contributed by atoms with Crippen LogP contribution in [0, 0.1) is 0 Å². The molecule has 0 saturated carbocycles. The first-order valence-electron chi connectivity index (χ1n) is 6.58. The van der Waals surface area contributed by atoms with Gasteiger partial charge in [0.2, 0.25) is 0 Å². The zero-order valence-electron chi connectivity index (χ0n) is 11.0. The van der Waals surface area contributed by atoms with Crippen LogP contribution in [0.5, 0.6) is 5.75 Å². The summed E-state index contributed by atoms with van der Waals surface area (Å²) in [6.07, 6.45) is 1.15. The molecule has 0 N–H and O–H groups in total. The molecule has 0 spiro atoms. The minimum absolute atomic E-state index is 0.179. The molecule has 0 radical (unpaired) electrons. The molecule has 0 saturated heterocycles. The van der Waals surface area contributed by atoms with E-state index in [2.05, 4.69) is 6.07 Å². The van der Waals surface area contributed by atoms with Crippen LogP contribution in [0.25, 0.3) is 0 Å². The van der Waals surface area contributed by atoms with Crippen molar-refractivity contribution < 1.29 is 14.3 Å². The van der Waals surface area contributed by atoms with Gasteiger partial charge in [0.1, 0.15) is 11.9 Å². The predicted octanol–water partition coefficient (Wildman–Crippen LogP) is 2.94. The van der Waals surface area contributed by atoms with E-state index in [-0.39, 0.29) is 17.8 Å². The molecule has 18 heavy (non-hydrogen) atoms. The molecule has 3 heteroatoms. The number of ketones is 1. The Hall–Kier alpha value is -1.35. The third-order valence-electron chi connectivity index (χ3n) is 3.40. The number of ether oxygens (including phenoxy) is 2. The number of para-hydroxylation sites is 1. The van der Waals surface area contributed by atoms with Crippen molar-refractivity contribution in [2.75, 3.05) is 13.2 Å². The van der Waals surface area contributed by atoms with E-state index < -0.39 is 0 Å². The van der Waals surface area contributed by atoms with Crippen LogP contribution in [0.4, 0.5) is 0 Å². The van der Waals surface area contributed by atoms with Crippen molar-refractivity contribution in [2.45, 2.75) is 38.7 Å². The number of Topliss-reactive ketones (excluding diaryl/α,β-unsaturated/α-hetero) is 1. The van der Waals surface area contributed by atoms with Crippen LogP contribution in [0.15, 0.2) is 24.3 Å². The molecule has 0 bridgehead atoms. The summed E-state index contributed by atoms with van der Waals surface area (Å²) in [6.45, 7) is 5.01. The SMILES string of the molecule is CCOC(C)C(=O)CC1CCOc2ccccc21. The van der Waals surface area contributed by atoms with E-state index in [4.69, 9.17) is 9.47 Å². The Labute approximate surface area is 108 Å². The second-order valence-electron chi connectivity index (χ2n) is 4.64. The number of fused-ring (bicyclic) bond motifs is 1. The highest BCUT2D eigenvalue weighted by atomic mass is 16.5. The van der Waals surface area contributed by atoms with Gasteiger partial charge in [-0.2, -0.15) is 0 Å². The van der Waals surface area contributed by atoms with Crippen LogP contribution in [0.2, 0.25) is 0 Å². The lowest BCUT2D eigenvalue weighted by Gasteiger charge is -2.26. The Morgan fingerprint density at radius 3 is 3.06 bits per heavy atom. The Balaban J connectivity index is 2.05. The summed E-state index contributed by atoms with van der Waals surface area (Å²) in [5.74, 6) is 1.37. The van der Waals surface area contributed by atoms with E-state index in [9.17, 15) is 4.79 Å². The summed E-state index contributed by atoms with van der Waals surface area (Å²) in [4.78, 5) is 12.0. The molecule has 1 aromatic carbocycles. The monoisotopic (exact) mass is 248 g/mol. The minimum atomic E-state index is -0.301. The van der Waals surface area contributed by atoms with Gasteiger partial charge >= 0.3 is 0 Å². The lowest BCUT2D eigenvalue weighted by Crippen LogP contribution is -2.25. The van der Waals surface area contributed by atoms with Gasteiger partial charge in [0, 0.05) is 13.0 Å². The van der Waals surface area contributed by atoms with Gasteiger partial charge in [0.15, 0.2) is 5.78 Å². The maximum Gasteiger partial charge on any atom is 0.161 e. The van der Waals surface area contributed by atoms with E-state index in [0.717, 1.165) is 17.7 Å². The predicted molar refractivity (Wildman–Crippen MR) is 70.0 cm³/mol. The van der Waals surface area contributed by atoms with Gasteiger partial charge in [-0.05, 0) is 37.8 Å². The zero-order chi connectivity index (χ0) is 13.0. The fourth-order valence-electron chi connectivity index (χ4n) is 2.38. The number of carbonyl (C=O) groups excluding carboxylic acids is 1. The molecule has 2 atom stereocenters. The molecule has 2 rings (SSSR count). The number of carbonyl (C=O) groups is 1. The standard InChI is InChI=1S/C15H20O3/c1-3-17-11(2)14(16)10-12-8-9-18-15-7-5-4-6-13(12)15/h4-7,11-12H,3,8-10H2,1-2H3. The fraction of sp³-hybridized carbons (Fsp3) is 0.533. The van der Waals surface area contributed by atoms with Gasteiger partial charge in [-0.1, -0.05) is 18.2 Å². The van der Waals surface area contributed by atoms with E-state index in [1.165, 1.54) is 0 Å². The van der Waals surface area contributed by atoms with Gasteiger partial charge < -0.3 is 9.47 Å². The molecule has 0 fully saturated rings. The highest BCUT2D eigenvalue weighted by Gasteiger charge is 2.25. The number of hydrogen-bond acceptors (Lipinski definition) is 3. The van der Waals surface area contributed by atoms with Crippen LogP contribution >= 0.6 is 0 Å². The highest BCUT2D eigenvalue weighted by molar-refractivity contribution is 5.83. The first-order valence-corrected chi connectivity index (χ1v) is 6.58. The van der Waals surface area contributed by atoms with Gasteiger partial charge in [-0.15, -0.1) is 0 Å². The van der Waals surface area contributed by atoms with Crippen molar-refractivity contribution in [3.8, 4) is 5.75 Å². The molecular weight excluding hydrogens is 228 g/mol. The second-order valence-corrected chi connectivity index (χ2v) is 4.64. The van der Waals surface area contributed by atoms with Crippen LogP contribution < -0.4 is 4.74 Å². The Kier molecular flexibility index (Phi) is 4.37. The van der Waals surface area contributed by atoms with Gasteiger partial charge in [-0.3, -0.25) is 4.79 Å². The summed E-state index contributed by atoms with van der Waals surface area (Å²) in [6, 6.07) is 7.98. The van der Waals surface area contributed by atoms with Crippen molar-refractivity contribution in [1.82, 2.24) is 0 Å². The Bertz CT molecular complexity index is 414. The van der Waals surface area contributed by atoms with Gasteiger partial charge in [0.25, 0.3) is 0 Å².